The van der Waals surface area contributed by atoms with Crippen LogP contribution in [0.1, 0.15) is 10.4 Å². The Morgan fingerprint density at radius 3 is 2.33 bits per heavy atom. The van der Waals surface area contributed by atoms with Crippen molar-refractivity contribution in [2.24, 2.45) is 0 Å². The van der Waals surface area contributed by atoms with Gasteiger partial charge in [-0.1, -0.05) is 0 Å². The Hall–Kier alpha value is -2.83. The number of nitrogens with zero attached hydrogens (tertiary/aromatic N) is 1. The van der Waals surface area contributed by atoms with E-state index < -0.39 is 22.3 Å². The van der Waals surface area contributed by atoms with Gasteiger partial charge in [0.25, 0.3) is 5.69 Å². The number of rotatable bonds is 5. The summed E-state index contributed by atoms with van der Waals surface area (Å²) in [5, 5.41) is 10.5. The zero-order chi connectivity index (χ0) is 15.4. The Morgan fingerprint density at radius 2 is 1.76 bits per heavy atom. The van der Waals surface area contributed by atoms with Gasteiger partial charge in [-0.05, 0) is 30.3 Å². The van der Waals surface area contributed by atoms with Crippen molar-refractivity contribution in [1.82, 2.24) is 0 Å². The number of hydrogen-bond acceptors (Lipinski definition) is 4. The zero-order valence-corrected chi connectivity index (χ0v) is 10.6. The van der Waals surface area contributed by atoms with Gasteiger partial charge >= 0.3 is 0 Å². The molecule has 0 aromatic heterocycles. The number of non-ortho nitro benzene ring substituents is 1. The molecule has 7 heteroatoms. The van der Waals surface area contributed by atoms with Gasteiger partial charge < -0.3 is 4.74 Å². The second-order valence-electron chi connectivity index (χ2n) is 4.09. The van der Waals surface area contributed by atoms with Crippen LogP contribution in [0.15, 0.2) is 42.5 Å². The molecule has 0 saturated heterocycles. The summed E-state index contributed by atoms with van der Waals surface area (Å²) in [6.45, 7) is -0.386. The molecule has 0 unspecified atom stereocenters. The summed E-state index contributed by atoms with van der Waals surface area (Å²) in [5.41, 5.74) is -0.120. The van der Waals surface area contributed by atoms with Crippen molar-refractivity contribution in [3.63, 3.8) is 0 Å². The van der Waals surface area contributed by atoms with Crippen molar-refractivity contribution in [3.8, 4) is 5.75 Å². The summed E-state index contributed by atoms with van der Waals surface area (Å²) in [6.07, 6.45) is 0. The average molecular weight is 293 g/mol. The molecule has 108 valence electrons. The monoisotopic (exact) mass is 293 g/mol. The molecule has 2 aromatic rings. The van der Waals surface area contributed by atoms with Crippen LogP contribution in [0, 0.1) is 21.7 Å². The lowest BCUT2D eigenvalue weighted by molar-refractivity contribution is -0.384. The highest BCUT2D eigenvalue weighted by Gasteiger charge is 2.11. The van der Waals surface area contributed by atoms with Gasteiger partial charge in [-0.2, -0.15) is 0 Å². The molecule has 0 fully saturated rings. The predicted molar refractivity (Wildman–Crippen MR) is 69.3 cm³/mol. The minimum atomic E-state index is -1.11. The van der Waals surface area contributed by atoms with Crippen LogP contribution in [-0.2, 0) is 0 Å². The van der Waals surface area contributed by atoms with E-state index in [0.717, 1.165) is 18.2 Å². The second-order valence-corrected chi connectivity index (χ2v) is 4.09. The number of halogens is 2. The first-order valence-corrected chi connectivity index (χ1v) is 5.83. The molecule has 0 aliphatic heterocycles. The summed E-state index contributed by atoms with van der Waals surface area (Å²) >= 11 is 0. The predicted octanol–water partition coefficient (Wildman–Crippen LogP) is 3.13. The van der Waals surface area contributed by atoms with E-state index in [2.05, 4.69) is 0 Å². The molecule has 0 N–H and O–H groups in total. The Labute approximate surface area is 117 Å². The molecule has 0 atom stereocenters. The Balaban J connectivity index is 2.00. The number of Topliss-reactive ketones (excluding diaryl/α,β-unsaturated/α-hetero) is 1. The molecule has 0 heterocycles. The Bertz CT molecular complexity index is 686. The topological polar surface area (TPSA) is 69.4 Å². The number of hydrogen-bond donors (Lipinski definition) is 0. The molecule has 5 nitrogen and oxygen atoms in total. The van der Waals surface area contributed by atoms with Crippen molar-refractivity contribution in [2.45, 2.75) is 0 Å². The van der Waals surface area contributed by atoms with E-state index in [9.17, 15) is 23.7 Å². The third kappa shape index (κ3) is 3.59. The molecule has 0 saturated carbocycles. The van der Waals surface area contributed by atoms with E-state index in [0.29, 0.717) is 0 Å². The van der Waals surface area contributed by atoms with E-state index in [4.69, 9.17) is 4.74 Å². The molecule has 21 heavy (non-hydrogen) atoms. The number of carbonyl (C=O) groups excluding carboxylic acids is 1. The lowest BCUT2D eigenvalue weighted by Gasteiger charge is -2.05. The quantitative estimate of drug-likeness (QED) is 0.482. The summed E-state index contributed by atoms with van der Waals surface area (Å²) in [7, 11) is 0. The highest BCUT2D eigenvalue weighted by molar-refractivity contribution is 5.97. The first-order valence-electron chi connectivity index (χ1n) is 5.83. The number of ether oxygens (including phenoxy) is 1. The van der Waals surface area contributed by atoms with Crippen molar-refractivity contribution in [1.29, 1.82) is 0 Å². The van der Waals surface area contributed by atoms with Crippen molar-refractivity contribution in [2.75, 3.05) is 6.61 Å². The fourth-order valence-electron chi connectivity index (χ4n) is 1.57. The largest absolute Gasteiger partial charge is 0.485 e. The standard InChI is InChI=1S/C14H9F2NO4/c15-12-6-1-9(7-13(12)16)14(18)8-21-11-4-2-10(3-5-11)17(19)20/h1-7H,8H2. The highest BCUT2D eigenvalue weighted by Crippen LogP contribution is 2.17. The van der Waals surface area contributed by atoms with Crippen LogP contribution < -0.4 is 4.74 Å². The first-order chi connectivity index (χ1) is 9.97. The maximum absolute atomic E-state index is 13.0. The molecule has 0 bridgehead atoms. The van der Waals surface area contributed by atoms with Crippen molar-refractivity contribution >= 4 is 11.5 Å². The smallest absolute Gasteiger partial charge is 0.269 e. The lowest BCUT2D eigenvalue weighted by Crippen LogP contribution is -2.12. The number of ketones is 1. The van der Waals surface area contributed by atoms with Gasteiger partial charge in [0.1, 0.15) is 5.75 Å². The normalized spacial score (nSPS) is 10.2. The lowest BCUT2D eigenvalue weighted by atomic mass is 10.1. The van der Waals surface area contributed by atoms with E-state index >= 15 is 0 Å². The van der Waals surface area contributed by atoms with Crippen molar-refractivity contribution in [3.05, 3.63) is 69.8 Å². The van der Waals surface area contributed by atoms with Crippen LogP contribution in [-0.4, -0.2) is 17.3 Å². The third-order valence-electron chi connectivity index (χ3n) is 2.66. The molecule has 0 aliphatic carbocycles. The van der Waals surface area contributed by atoms with Crippen LogP contribution in [0.5, 0.6) is 5.75 Å². The molecule has 0 amide bonds. The zero-order valence-electron chi connectivity index (χ0n) is 10.6. The first kappa shape index (κ1) is 14.6. The maximum atomic E-state index is 13.0. The van der Waals surface area contributed by atoms with Crippen LogP contribution in [0.2, 0.25) is 0 Å². The van der Waals surface area contributed by atoms with Gasteiger partial charge in [-0.25, -0.2) is 8.78 Å². The van der Waals surface area contributed by atoms with Crippen LogP contribution in [0.4, 0.5) is 14.5 Å². The van der Waals surface area contributed by atoms with Gasteiger partial charge in [0.2, 0.25) is 0 Å². The van der Waals surface area contributed by atoms with Crippen LogP contribution >= 0.6 is 0 Å². The number of nitro groups is 1. The van der Waals surface area contributed by atoms with E-state index in [-0.39, 0.29) is 23.6 Å². The maximum Gasteiger partial charge on any atom is 0.269 e. The highest BCUT2D eigenvalue weighted by atomic mass is 19.2. The van der Waals surface area contributed by atoms with E-state index in [1.54, 1.807) is 0 Å². The summed E-state index contributed by atoms with van der Waals surface area (Å²) < 4.78 is 30.9. The van der Waals surface area contributed by atoms with Crippen molar-refractivity contribution < 1.29 is 23.2 Å². The molecular weight excluding hydrogens is 284 g/mol. The van der Waals surface area contributed by atoms with Gasteiger partial charge in [-0.3, -0.25) is 14.9 Å². The Kier molecular flexibility index (Phi) is 4.22. The molecule has 0 aliphatic rings. The van der Waals surface area contributed by atoms with Gasteiger partial charge in [0.15, 0.2) is 24.0 Å². The van der Waals surface area contributed by atoms with Crippen LogP contribution in [0.25, 0.3) is 0 Å². The summed E-state index contributed by atoms with van der Waals surface area (Å²) in [5.74, 6) is -2.43. The average Bonchev–Trinajstić information content (AvgIpc) is 2.48. The minimum Gasteiger partial charge on any atom is -0.485 e. The second kappa shape index (κ2) is 6.08. The molecule has 2 aromatic carbocycles. The third-order valence-corrected chi connectivity index (χ3v) is 2.66. The minimum absolute atomic E-state index is 0.0178. The van der Waals surface area contributed by atoms with E-state index in [1.807, 2.05) is 0 Å². The molecular formula is C14H9F2NO4. The number of nitro benzene ring substituents is 1. The molecule has 0 radical (unpaired) electrons. The number of carbonyl (C=O) groups is 1. The van der Waals surface area contributed by atoms with Gasteiger partial charge in [-0.15, -0.1) is 0 Å². The van der Waals surface area contributed by atoms with Crippen LogP contribution in [0.3, 0.4) is 0 Å². The Morgan fingerprint density at radius 1 is 1.10 bits per heavy atom. The summed E-state index contributed by atoms with van der Waals surface area (Å²) in [4.78, 5) is 21.6. The molecule has 0 spiro atoms. The SMILES string of the molecule is O=C(COc1ccc([N+](=O)[O-])cc1)c1ccc(F)c(F)c1. The summed E-state index contributed by atoms with van der Waals surface area (Å²) in [6, 6.07) is 7.95. The van der Waals surface area contributed by atoms with Gasteiger partial charge in [0.05, 0.1) is 4.92 Å². The van der Waals surface area contributed by atoms with E-state index in [1.165, 1.54) is 24.3 Å². The fourth-order valence-corrected chi connectivity index (χ4v) is 1.57. The fraction of sp³-hybridized carbons (Fsp3) is 0.0714. The molecule has 2 rings (SSSR count). The van der Waals surface area contributed by atoms with Gasteiger partial charge in [0, 0.05) is 17.7 Å². The number of benzene rings is 2.